The molecular weight excluding hydrogens is 418 g/mol. The second-order valence-corrected chi connectivity index (χ2v) is 6.95. The Kier molecular flexibility index (Phi) is 6.43. The maximum atomic E-state index is 5.53. The third kappa shape index (κ3) is 4.32. The molecule has 3 rings (SSSR count). The Hall–Kier alpha value is -2.16. The number of benzene rings is 1. The summed E-state index contributed by atoms with van der Waals surface area (Å²) in [5, 5.41) is 6.60. The zero-order chi connectivity index (χ0) is 18.4. The molecule has 0 fully saturated rings. The zero-order valence-corrected chi connectivity index (χ0v) is 16.8. The van der Waals surface area contributed by atoms with Crippen molar-refractivity contribution in [2.24, 2.45) is 10.1 Å². The van der Waals surface area contributed by atoms with E-state index in [0.29, 0.717) is 13.2 Å². The number of ether oxygens (including phenoxy) is 2. The summed E-state index contributed by atoms with van der Waals surface area (Å²) in [5.74, 6) is 1.47. The van der Waals surface area contributed by atoms with E-state index in [-0.39, 0.29) is 0 Å². The van der Waals surface area contributed by atoms with Crippen LogP contribution < -0.4 is 9.54 Å². The average Bonchev–Trinajstić information content (AvgIpc) is 3.30. The van der Waals surface area contributed by atoms with Crippen LogP contribution in [0.5, 0.6) is 5.75 Å². The number of rotatable bonds is 7. The van der Waals surface area contributed by atoms with Gasteiger partial charge in [-0.1, -0.05) is 15.9 Å². The zero-order valence-electron chi connectivity index (χ0n) is 14.4. The van der Waals surface area contributed by atoms with Crippen molar-refractivity contribution in [3.63, 3.8) is 0 Å². The fourth-order valence-electron chi connectivity index (χ4n) is 2.27. The van der Waals surface area contributed by atoms with Gasteiger partial charge in [0.05, 0.1) is 32.7 Å². The van der Waals surface area contributed by atoms with E-state index < -0.39 is 0 Å². The van der Waals surface area contributed by atoms with E-state index in [0.717, 1.165) is 32.0 Å². The number of hydrogen-bond acceptors (Lipinski definition) is 6. The second kappa shape index (κ2) is 8.98. The Balaban J connectivity index is 2.04. The van der Waals surface area contributed by atoms with E-state index in [4.69, 9.17) is 13.9 Å². The van der Waals surface area contributed by atoms with Gasteiger partial charge in [0.2, 0.25) is 4.80 Å². The molecular formula is C18H18BrN3O3S. The van der Waals surface area contributed by atoms with Crippen LogP contribution in [0.15, 0.2) is 61.0 Å². The molecule has 1 aromatic carbocycles. The van der Waals surface area contributed by atoms with Gasteiger partial charge in [0.1, 0.15) is 11.4 Å². The van der Waals surface area contributed by atoms with E-state index in [1.54, 1.807) is 31.4 Å². The minimum absolute atomic E-state index is 0.553. The maximum Gasteiger partial charge on any atom is 0.206 e. The Bertz CT molecular complexity index is 945. The molecule has 0 aliphatic heterocycles. The Morgan fingerprint density at radius 3 is 2.92 bits per heavy atom. The van der Waals surface area contributed by atoms with E-state index in [9.17, 15) is 0 Å². The fourth-order valence-corrected chi connectivity index (χ4v) is 3.50. The Morgan fingerprint density at radius 1 is 1.31 bits per heavy atom. The van der Waals surface area contributed by atoms with Crippen molar-refractivity contribution in [3.8, 4) is 17.2 Å². The molecule has 6 nitrogen and oxygen atoms in total. The number of hydrogen-bond donors (Lipinski definition) is 0. The van der Waals surface area contributed by atoms with Crippen molar-refractivity contribution in [1.29, 1.82) is 0 Å². The molecule has 2 aromatic heterocycles. The summed E-state index contributed by atoms with van der Waals surface area (Å²) in [6.07, 6.45) is 3.39. The highest BCUT2D eigenvalue weighted by molar-refractivity contribution is 9.10. The van der Waals surface area contributed by atoms with Gasteiger partial charge in [0.25, 0.3) is 0 Å². The lowest BCUT2D eigenvalue weighted by Crippen LogP contribution is -2.13. The summed E-state index contributed by atoms with van der Waals surface area (Å²) in [7, 11) is 3.29. The quantitative estimate of drug-likeness (QED) is 0.416. The van der Waals surface area contributed by atoms with E-state index in [1.165, 1.54) is 11.3 Å². The number of thiazole rings is 1. The minimum atomic E-state index is 0.553. The van der Waals surface area contributed by atoms with Crippen LogP contribution in [0.2, 0.25) is 0 Å². The molecule has 26 heavy (non-hydrogen) atoms. The molecule has 2 heterocycles. The van der Waals surface area contributed by atoms with Crippen LogP contribution in [-0.4, -0.2) is 38.3 Å². The highest BCUT2D eigenvalue weighted by Crippen LogP contribution is 2.23. The normalized spacial score (nSPS) is 12.2. The van der Waals surface area contributed by atoms with Gasteiger partial charge in [0, 0.05) is 22.5 Å². The van der Waals surface area contributed by atoms with Gasteiger partial charge < -0.3 is 13.9 Å². The van der Waals surface area contributed by atoms with E-state index in [2.05, 4.69) is 26.0 Å². The highest BCUT2D eigenvalue weighted by Gasteiger charge is 2.10. The predicted molar refractivity (Wildman–Crippen MR) is 106 cm³/mol. The summed E-state index contributed by atoms with van der Waals surface area (Å²) in [6.45, 7) is 1.11. The molecule has 0 spiro atoms. The van der Waals surface area contributed by atoms with Crippen molar-refractivity contribution in [1.82, 2.24) is 4.68 Å². The van der Waals surface area contributed by atoms with Crippen LogP contribution in [0.3, 0.4) is 0 Å². The van der Waals surface area contributed by atoms with Gasteiger partial charge in [-0.3, -0.25) is 4.99 Å². The molecule has 0 bridgehead atoms. The number of halogens is 1. The molecule has 0 aliphatic rings. The minimum Gasteiger partial charge on any atom is -0.496 e. The van der Waals surface area contributed by atoms with Crippen molar-refractivity contribution in [3.05, 3.63) is 56.8 Å². The van der Waals surface area contributed by atoms with Crippen LogP contribution in [0.4, 0.5) is 0 Å². The molecule has 3 aromatic rings. The van der Waals surface area contributed by atoms with Crippen LogP contribution >= 0.6 is 27.3 Å². The van der Waals surface area contributed by atoms with Crippen molar-refractivity contribution < 1.29 is 13.9 Å². The number of furan rings is 1. The summed E-state index contributed by atoms with van der Waals surface area (Å²) >= 11 is 4.98. The summed E-state index contributed by atoms with van der Waals surface area (Å²) in [4.78, 5) is 5.32. The first-order valence-corrected chi connectivity index (χ1v) is 9.52. The van der Waals surface area contributed by atoms with Gasteiger partial charge in [-0.25, -0.2) is 4.68 Å². The monoisotopic (exact) mass is 435 g/mol. The first kappa shape index (κ1) is 18.6. The highest BCUT2D eigenvalue weighted by atomic mass is 79.9. The van der Waals surface area contributed by atoms with Crippen LogP contribution in [0, 0.1) is 0 Å². The lowest BCUT2D eigenvalue weighted by atomic mass is 10.2. The van der Waals surface area contributed by atoms with Crippen molar-refractivity contribution >= 4 is 33.5 Å². The SMILES string of the molecule is COCCN=c1scc(-c2ccco2)n1/N=C\c1cc(Br)ccc1OC. The van der Waals surface area contributed by atoms with Gasteiger partial charge in [-0.05, 0) is 30.3 Å². The lowest BCUT2D eigenvalue weighted by Gasteiger charge is -2.05. The summed E-state index contributed by atoms with van der Waals surface area (Å²) in [5.41, 5.74) is 1.69. The van der Waals surface area contributed by atoms with Crippen LogP contribution in [0.25, 0.3) is 11.5 Å². The first-order valence-electron chi connectivity index (χ1n) is 7.84. The lowest BCUT2D eigenvalue weighted by molar-refractivity contribution is 0.207. The molecule has 0 amide bonds. The van der Waals surface area contributed by atoms with Gasteiger partial charge in [-0.15, -0.1) is 11.3 Å². The largest absolute Gasteiger partial charge is 0.496 e. The fraction of sp³-hybridized carbons (Fsp3) is 0.222. The first-order chi connectivity index (χ1) is 12.7. The average molecular weight is 436 g/mol. The van der Waals surface area contributed by atoms with E-state index >= 15 is 0 Å². The van der Waals surface area contributed by atoms with Crippen LogP contribution in [-0.2, 0) is 4.74 Å². The molecule has 136 valence electrons. The second-order valence-electron chi connectivity index (χ2n) is 5.20. The van der Waals surface area contributed by atoms with Gasteiger partial charge in [-0.2, -0.15) is 5.10 Å². The molecule has 0 atom stereocenters. The van der Waals surface area contributed by atoms with Gasteiger partial charge >= 0.3 is 0 Å². The topological polar surface area (TPSA) is 61.2 Å². The third-order valence-corrected chi connectivity index (χ3v) is 4.85. The molecule has 0 saturated heterocycles. The molecule has 0 aliphatic carbocycles. The predicted octanol–water partition coefficient (Wildman–Crippen LogP) is 4.01. The molecule has 0 saturated carbocycles. The van der Waals surface area contributed by atoms with Crippen molar-refractivity contribution in [2.75, 3.05) is 27.4 Å². The van der Waals surface area contributed by atoms with Crippen molar-refractivity contribution in [2.45, 2.75) is 0 Å². The molecule has 0 radical (unpaired) electrons. The Morgan fingerprint density at radius 2 is 2.19 bits per heavy atom. The number of nitrogens with zero attached hydrogens (tertiary/aromatic N) is 3. The van der Waals surface area contributed by atoms with Crippen LogP contribution in [0.1, 0.15) is 5.56 Å². The van der Waals surface area contributed by atoms with Gasteiger partial charge in [0.15, 0.2) is 5.76 Å². The number of methoxy groups -OCH3 is 2. The summed E-state index contributed by atoms with van der Waals surface area (Å²) < 4.78 is 18.7. The molecule has 0 unspecified atom stereocenters. The smallest absolute Gasteiger partial charge is 0.206 e. The molecule has 8 heteroatoms. The molecule has 0 N–H and O–H groups in total. The third-order valence-electron chi connectivity index (χ3n) is 3.51. The standard InChI is InChI=1S/C18H18BrN3O3S/c1-23-9-7-20-18-22(15(12-26-18)17-4-3-8-25-17)21-11-13-10-14(19)5-6-16(13)24-2/h3-6,8,10-12H,7,9H2,1-2H3/b20-18?,21-11-. The van der Waals surface area contributed by atoms with E-state index in [1.807, 2.05) is 35.7 Å². The number of aromatic nitrogens is 1. The maximum absolute atomic E-state index is 5.53. The Labute approximate surface area is 163 Å². The summed E-state index contributed by atoms with van der Waals surface area (Å²) in [6, 6.07) is 9.51.